The summed E-state index contributed by atoms with van der Waals surface area (Å²) in [5, 5.41) is 13.6. The van der Waals surface area contributed by atoms with Crippen LogP contribution in [0.15, 0.2) is 24.3 Å². The van der Waals surface area contributed by atoms with Crippen molar-refractivity contribution in [2.24, 2.45) is 5.92 Å². The molecule has 0 unspecified atom stereocenters. The van der Waals surface area contributed by atoms with E-state index < -0.39 is 0 Å². The molecular weight excluding hydrogens is 437 g/mol. The van der Waals surface area contributed by atoms with Gasteiger partial charge >= 0.3 is 0 Å². The Bertz CT molecular complexity index is 880. The number of likely N-dealkylation sites (tertiary alicyclic amines) is 1. The van der Waals surface area contributed by atoms with Crippen molar-refractivity contribution in [3.05, 3.63) is 33.7 Å². The lowest BCUT2D eigenvalue weighted by atomic mass is 9.99. The van der Waals surface area contributed by atoms with Gasteiger partial charge in [0.05, 0.1) is 0 Å². The van der Waals surface area contributed by atoms with Crippen molar-refractivity contribution in [3.63, 3.8) is 0 Å². The Morgan fingerprint density at radius 1 is 1.21 bits per heavy atom. The van der Waals surface area contributed by atoms with Crippen LogP contribution < -0.4 is 0 Å². The minimum absolute atomic E-state index is 0.0751. The Kier molecular flexibility index (Phi) is 4.25. The van der Waals surface area contributed by atoms with Gasteiger partial charge in [0.15, 0.2) is 0 Å². The van der Waals surface area contributed by atoms with E-state index in [2.05, 4.69) is 44.8 Å². The lowest BCUT2D eigenvalue weighted by molar-refractivity contribution is 0.0682. The van der Waals surface area contributed by atoms with E-state index in [0.29, 0.717) is 16.7 Å². The predicted molar refractivity (Wildman–Crippen MR) is 101 cm³/mol. The van der Waals surface area contributed by atoms with Crippen LogP contribution >= 0.6 is 33.9 Å². The van der Waals surface area contributed by atoms with Gasteiger partial charge in [-0.15, -0.1) is 10.2 Å². The highest BCUT2D eigenvalue weighted by Crippen LogP contribution is 2.26. The normalized spacial score (nSPS) is 16.0. The average Bonchev–Trinajstić information content (AvgIpc) is 3.16. The first-order valence-corrected chi connectivity index (χ1v) is 9.79. The molecule has 124 valence electrons. The molecule has 0 spiro atoms. The summed E-state index contributed by atoms with van der Waals surface area (Å²) < 4.78 is 2.76. The van der Waals surface area contributed by atoms with Gasteiger partial charge in [-0.3, -0.25) is 4.79 Å². The Hall–Kier alpha value is -1.55. The number of benzene rings is 1. The van der Waals surface area contributed by atoms with E-state index in [1.807, 2.05) is 29.2 Å². The van der Waals surface area contributed by atoms with Gasteiger partial charge in [-0.05, 0) is 53.5 Å². The number of hydrogen-bond donors (Lipinski definition) is 0. The van der Waals surface area contributed by atoms with E-state index in [4.69, 9.17) is 0 Å². The smallest absolute Gasteiger partial charge is 0.293 e. The molecule has 1 aliphatic heterocycles. The van der Waals surface area contributed by atoms with Crippen LogP contribution in [0.25, 0.3) is 15.5 Å². The predicted octanol–water partition coefficient (Wildman–Crippen LogP) is 3.33. The van der Waals surface area contributed by atoms with Gasteiger partial charge in [0.1, 0.15) is 5.01 Å². The van der Waals surface area contributed by atoms with Gasteiger partial charge in [-0.2, -0.15) is 9.61 Å². The Morgan fingerprint density at radius 2 is 1.92 bits per heavy atom. The molecule has 1 saturated heterocycles. The van der Waals surface area contributed by atoms with Crippen molar-refractivity contribution in [2.45, 2.75) is 19.8 Å². The zero-order valence-electron chi connectivity index (χ0n) is 13.1. The van der Waals surface area contributed by atoms with Gasteiger partial charge in [-0.25, -0.2) is 0 Å². The number of fused-ring (bicyclic) bond motifs is 1. The van der Waals surface area contributed by atoms with Gasteiger partial charge in [-0.1, -0.05) is 30.4 Å². The molecule has 0 saturated carbocycles. The maximum absolute atomic E-state index is 12.7. The molecule has 0 N–H and O–H groups in total. The van der Waals surface area contributed by atoms with Crippen molar-refractivity contribution >= 4 is 44.8 Å². The molecule has 1 aromatic carbocycles. The molecule has 0 aliphatic carbocycles. The Morgan fingerprint density at radius 3 is 2.62 bits per heavy atom. The summed E-state index contributed by atoms with van der Waals surface area (Å²) in [6, 6.07) is 8.14. The molecule has 0 radical (unpaired) electrons. The number of carbonyl (C=O) groups excluding carboxylic acids is 1. The number of piperidine rings is 1. The Balaban J connectivity index is 1.65. The highest BCUT2D eigenvalue weighted by atomic mass is 127. The summed E-state index contributed by atoms with van der Waals surface area (Å²) in [5.41, 5.74) is 1.02. The molecule has 2 aromatic heterocycles. The van der Waals surface area contributed by atoms with Gasteiger partial charge in [0.2, 0.25) is 10.8 Å². The monoisotopic (exact) mass is 453 g/mol. The third kappa shape index (κ3) is 2.92. The minimum atomic E-state index is -0.0751. The summed E-state index contributed by atoms with van der Waals surface area (Å²) in [5.74, 6) is 0.917. The molecule has 6 nitrogen and oxygen atoms in total. The number of rotatable bonds is 2. The number of halogens is 1. The third-order valence-corrected chi connectivity index (χ3v) is 6.01. The van der Waals surface area contributed by atoms with E-state index in [1.165, 1.54) is 14.9 Å². The summed E-state index contributed by atoms with van der Waals surface area (Å²) >= 11 is 3.72. The van der Waals surface area contributed by atoms with Crippen LogP contribution in [0, 0.1) is 9.49 Å². The van der Waals surface area contributed by atoms with E-state index in [9.17, 15) is 4.79 Å². The minimum Gasteiger partial charge on any atom is -0.336 e. The van der Waals surface area contributed by atoms with Crippen LogP contribution in [-0.4, -0.2) is 43.7 Å². The quantitative estimate of drug-likeness (QED) is 0.559. The van der Waals surface area contributed by atoms with Crippen molar-refractivity contribution in [1.82, 2.24) is 24.7 Å². The van der Waals surface area contributed by atoms with E-state index in [-0.39, 0.29) is 5.91 Å². The van der Waals surface area contributed by atoms with E-state index >= 15 is 0 Å². The van der Waals surface area contributed by atoms with Crippen molar-refractivity contribution < 1.29 is 4.79 Å². The molecule has 8 heteroatoms. The molecule has 0 bridgehead atoms. The molecule has 3 aromatic rings. The number of aromatic nitrogens is 4. The number of hydrogen-bond acceptors (Lipinski definition) is 5. The number of nitrogens with zero attached hydrogens (tertiary/aromatic N) is 5. The molecule has 1 amide bonds. The zero-order chi connectivity index (χ0) is 16.7. The number of carbonyl (C=O) groups is 1. The van der Waals surface area contributed by atoms with Gasteiger partial charge in [0.25, 0.3) is 5.91 Å². The molecule has 4 rings (SSSR count). The first-order chi connectivity index (χ1) is 11.6. The third-order valence-electron chi connectivity index (χ3n) is 4.34. The Labute approximate surface area is 157 Å². The molecule has 3 heterocycles. The van der Waals surface area contributed by atoms with Crippen LogP contribution in [0.4, 0.5) is 0 Å². The molecule has 24 heavy (non-hydrogen) atoms. The van der Waals surface area contributed by atoms with Crippen molar-refractivity contribution in [2.75, 3.05) is 13.1 Å². The zero-order valence-corrected chi connectivity index (χ0v) is 16.1. The van der Waals surface area contributed by atoms with Crippen molar-refractivity contribution in [3.8, 4) is 10.6 Å². The first-order valence-electron chi connectivity index (χ1n) is 7.89. The maximum atomic E-state index is 12.7. The van der Waals surface area contributed by atoms with E-state index in [0.717, 1.165) is 36.5 Å². The van der Waals surface area contributed by atoms with Gasteiger partial charge < -0.3 is 4.90 Å². The second-order valence-corrected chi connectivity index (χ2v) is 8.31. The van der Waals surface area contributed by atoms with Crippen LogP contribution in [-0.2, 0) is 0 Å². The first kappa shape index (κ1) is 15.9. The SMILES string of the molecule is CC1CCN(C(=O)c2nnc3sc(-c4ccc(I)cc4)nn23)CC1. The average molecular weight is 453 g/mol. The summed E-state index contributed by atoms with van der Waals surface area (Å²) in [7, 11) is 0. The highest BCUT2D eigenvalue weighted by molar-refractivity contribution is 14.1. The summed E-state index contributed by atoms with van der Waals surface area (Å²) in [6.07, 6.45) is 2.08. The fourth-order valence-electron chi connectivity index (χ4n) is 2.81. The molecule has 0 atom stereocenters. The second-order valence-electron chi connectivity index (χ2n) is 6.11. The van der Waals surface area contributed by atoms with Crippen LogP contribution in [0.2, 0.25) is 0 Å². The lowest BCUT2D eigenvalue weighted by Gasteiger charge is -2.29. The van der Waals surface area contributed by atoms with Crippen molar-refractivity contribution in [1.29, 1.82) is 0 Å². The van der Waals surface area contributed by atoms with Crippen LogP contribution in [0.5, 0.6) is 0 Å². The lowest BCUT2D eigenvalue weighted by Crippen LogP contribution is -2.38. The molecular formula is C16H16IN5OS. The topological polar surface area (TPSA) is 63.4 Å². The second kappa shape index (κ2) is 6.40. The molecule has 1 aliphatic rings. The fourth-order valence-corrected chi connectivity index (χ4v) is 4.02. The van der Waals surface area contributed by atoms with Crippen LogP contribution in [0.3, 0.4) is 0 Å². The highest BCUT2D eigenvalue weighted by Gasteiger charge is 2.26. The summed E-state index contributed by atoms with van der Waals surface area (Å²) in [4.78, 5) is 15.2. The fraction of sp³-hybridized carbons (Fsp3) is 0.375. The van der Waals surface area contributed by atoms with Crippen LogP contribution in [0.1, 0.15) is 30.4 Å². The van der Waals surface area contributed by atoms with Gasteiger partial charge in [0, 0.05) is 22.2 Å². The van der Waals surface area contributed by atoms with E-state index in [1.54, 1.807) is 4.52 Å². The standard InChI is InChI=1S/C16H16IN5OS/c1-10-6-8-21(9-7-10)15(23)13-18-19-16-22(13)20-14(24-16)11-2-4-12(17)5-3-11/h2-5,10H,6-9H2,1H3. The largest absolute Gasteiger partial charge is 0.336 e. The molecule has 1 fully saturated rings. The maximum Gasteiger partial charge on any atom is 0.293 e. The number of amides is 1. The summed E-state index contributed by atoms with van der Waals surface area (Å²) in [6.45, 7) is 3.79.